The molecule has 5 rings (SSSR count). The van der Waals surface area contributed by atoms with Crippen molar-refractivity contribution in [3.8, 4) is 5.69 Å². The van der Waals surface area contributed by atoms with Crippen LogP contribution in [0.4, 0.5) is 8.78 Å². The molecule has 1 saturated carbocycles. The lowest BCUT2D eigenvalue weighted by Gasteiger charge is -2.40. The van der Waals surface area contributed by atoms with Crippen LogP contribution in [0.15, 0.2) is 66.9 Å². The molecule has 1 aliphatic heterocycles. The number of halogens is 2. The Bertz CT molecular complexity index is 2690. The van der Waals surface area contributed by atoms with Gasteiger partial charge < -0.3 is 47.4 Å². The van der Waals surface area contributed by atoms with Gasteiger partial charge in [0.1, 0.15) is 42.1 Å². The predicted octanol–water partition coefficient (Wildman–Crippen LogP) is 3.64. The third kappa shape index (κ3) is 18.3. The first-order chi connectivity index (χ1) is 37.9. The summed E-state index contributed by atoms with van der Waals surface area (Å²) in [5, 5.41) is 38.4. The summed E-state index contributed by atoms with van der Waals surface area (Å²) in [6, 6.07) is 6.73. The molecule has 436 valence electrons. The van der Waals surface area contributed by atoms with E-state index in [2.05, 4.69) is 26.6 Å². The van der Waals surface area contributed by atoms with Crippen molar-refractivity contribution in [2.75, 3.05) is 26.2 Å². The van der Waals surface area contributed by atoms with Crippen LogP contribution in [-0.2, 0) is 49.6 Å². The number of hydrogen-bond donors (Lipinski definition) is 8. The number of carbonyl (C=O) groups excluding carboxylic acids is 8. The van der Waals surface area contributed by atoms with Gasteiger partial charge in [-0.2, -0.15) is 5.10 Å². The Morgan fingerprint density at radius 3 is 2.20 bits per heavy atom. The number of nitrogens with zero attached hydrogens (tertiary/aromatic N) is 4. The lowest BCUT2D eigenvalue weighted by Crippen LogP contribution is -2.56. The van der Waals surface area contributed by atoms with Gasteiger partial charge in [-0.1, -0.05) is 71.4 Å². The zero-order chi connectivity index (χ0) is 58.8. The van der Waals surface area contributed by atoms with Gasteiger partial charge in [-0.3, -0.25) is 43.3 Å². The van der Waals surface area contributed by atoms with E-state index in [0.717, 1.165) is 28.7 Å². The highest BCUT2D eigenvalue weighted by atomic mass is 19.1. The minimum atomic E-state index is -1.29. The fourth-order valence-electron chi connectivity index (χ4n) is 9.89. The molecule has 1 aliphatic carbocycles. The van der Waals surface area contributed by atoms with Crippen LogP contribution in [0.2, 0.25) is 0 Å². The van der Waals surface area contributed by atoms with Crippen LogP contribution in [0.25, 0.3) is 5.69 Å². The Morgan fingerprint density at radius 1 is 0.850 bits per heavy atom. The molecule has 21 nitrogen and oxygen atoms in total. The van der Waals surface area contributed by atoms with Crippen molar-refractivity contribution in [2.24, 2.45) is 23.0 Å². The summed E-state index contributed by atoms with van der Waals surface area (Å²) in [4.78, 5) is 117. The van der Waals surface area contributed by atoms with Crippen LogP contribution < -0.4 is 32.3 Å². The number of imide groups is 1. The van der Waals surface area contributed by atoms with Crippen LogP contribution in [0.3, 0.4) is 0 Å². The second-order valence-corrected chi connectivity index (χ2v) is 22.0. The van der Waals surface area contributed by atoms with Gasteiger partial charge in [0.25, 0.3) is 11.8 Å². The Kier molecular flexibility index (Phi) is 23.6. The van der Waals surface area contributed by atoms with Gasteiger partial charge in [0.15, 0.2) is 0 Å². The maximum absolute atomic E-state index is 15.1. The lowest BCUT2D eigenvalue weighted by atomic mass is 9.81. The van der Waals surface area contributed by atoms with Crippen LogP contribution in [0, 0.1) is 28.9 Å². The minimum Gasteiger partial charge on any atom is -0.480 e. The first kappa shape index (κ1) is 63.4. The second-order valence-electron chi connectivity index (χ2n) is 22.0. The van der Waals surface area contributed by atoms with E-state index >= 15 is 4.39 Å². The second kappa shape index (κ2) is 29.7. The van der Waals surface area contributed by atoms with E-state index < -0.39 is 95.3 Å². The number of nitrogens with two attached hydrogens (primary N) is 1. The van der Waals surface area contributed by atoms with Crippen LogP contribution in [0.5, 0.6) is 0 Å². The SMILES string of the molecule is CC(C)[C@H](NC(=O)CCCCCN1C(=O)C=CC1=O)C(=O)N[C@@H](C)C(=O)N[C@@H](CCCCNC(=O)C1CCC(NC(=O)[C@@H](N)CCN(C(=O)CO)[C@@H](c2nn(-c3cc(F)ccc3F)cc2Cc2ccccc2)C(C)(C)C)C1)C(=O)O. The van der Waals surface area contributed by atoms with Crippen molar-refractivity contribution in [2.45, 2.75) is 155 Å². The summed E-state index contributed by atoms with van der Waals surface area (Å²) in [6.07, 6.45) is 8.00. The molecule has 0 saturated heterocycles. The molecule has 7 atom stereocenters. The van der Waals surface area contributed by atoms with Gasteiger partial charge >= 0.3 is 5.97 Å². The van der Waals surface area contributed by atoms with E-state index in [1.165, 1.54) is 28.7 Å². The van der Waals surface area contributed by atoms with Gasteiger partial charge in [0, 0.05) is 74.4 Å². The van der Waals surface area contributed by atoms with E-state index in [9.17, 15) is 57.8 Å². The molecule has 80 heavy (non-hydrogen) atoms. The molecule has 2 unspecified atom stereocenters. The van der Waals surface area contributed by atoms with Crippen molar-refractivity contribution in [3.05, 3.63) is 95.3 Å². The number of carboxylic acids is 1. The zero-order valence-corrected chi connectivity index (χ0v) is 46.5. The van der Waals surface area contributed by atoms with Gasteiger partial charge in [-0.15, -0.1) is 0 Å². The molecule has 0 spiro atoms. The van der Waals surface area contributed by atoms with Crippen molar-refractivity contribution in [1.29, 1.82) is 0 Å². The highest BCUT2D eigenvalue weighted by Crippen LogP contribution is 2.40. The first-order valence-electron chi connectivity index (χ1n) is 27.4. The predicted molar refractivity (Wildman–Crippen MR) is 291 cm³/mol. The molecule has 1 fully saturated rings. The van der Waals surface area contributed by atoms with Crippen molar-refractivity contribution in [3.63, 3.8) is 0 Å². The maximum Gasteiger partial charge on any atom is 0.326 e. The highest BCUT2D eigenvalue weighted by Gasteiger charge is 2.39. The monoisotopic (exact) mass is 1120 g/mol. The summed E-state index contributed by atoms with van der Waals surface area (Å²) in [6.45, 7) is 10.0. The first-order valence-corrected chi connectivity index (χ1v) is 27.4. The summed E-state index contributed by atoms with van der Waals surface area (Å²) in [5.74, 6) is -7.34. The Morgan fingerprint density at radius 2 is 1.55 bits per heavy atom. The van der Waals surface area contributed by atoms with Crippen molar-refractivity contribution >= 4 is 53.2 Å². The molecule has 3 aromatic rings. The molecular formula is C57H78F2N10O11. The van der Waals surface area contributed by atoms with Crippen molar-refractivity contribution < 1.29 is 62.1 Å². The van der Waals surface area contributed by atoms with Crippen molar-refractivity contribution in [1.82, 2.24) is 46.2 Å². The van der Waals surface area contributed by atoms with Crippen LogP contribution in [-0.4, -0.2) is 139 Å². The standard InChI is InChI=1S/C57H78F2N10O11/c1-34(2)49(65-45(71)18-11-8-14-27-67-46(72)23-24-47(67)73)55(78)62-35(3)52(75)64-43(56(79)80)17-12-13-26-61-53(76)37-19-21-40(30-37)63-54(77)42(60)25-28-68(48(74)33-70)51(57(4,5)6)50-38(29-36-15-9-7-10-16-36)32-69(66-50)44-31-39(58)20-22-41(44)59/h7,9-10,15-16,20,22-24,31-32,34-35,37,40,42-43,49,51,70H,8,11-14,17-19,21,25-30,33,60H2,1-6H3,(H,61,76)(H,62,78)(H,63,77)(H,64,75)(H,65,71)(H,79,80)/t35-,37?,40?,42-,43-,49-,51-/m0/s1. The molecule has 2 heterocycles. The smallest absolute Gasteiger partial charge is 0.326 e. The van der Waals surface area contributed by atoms with Gasteiger partial charge in [0.05, 0.1) is 17.8 Å². The van der Waals surface area contributed by atoms with E-state index in [-0.39, 0.29) is 74.3 Å². The van der Waals surface area contributed by atoms with Gasteiger partial charge in [-0.25, -0.2) is 18.3 Å². The number of carboxylic acid groups (broad SMARTS) is 1. The summed E-state index contributed by atoms with van der Waals surface area (Å²) in [7, 11) is 0. The topological polar surface area (TPSA) is 305 Å². The number of unbranched alkanes of at least 4 members (excludes halogenated alkanes) is 3. The molecule has 2 aromatic carbocycles. The summed E-state index contributed by atoms with van der Waals surface area (Å²) < 4.78 is 30.8. The van der Waals surface area contributed by atoms with Crippen LogP contribution >= 0.6 is 0 Å². The minimum absolute atomic E-state index is 0.0187. The van der Waals surface area contributed by atoms with Crippen LogP contribution in [0.1, 0.15) is 135 Å². The quantitative estimate of drug-likeness (QED) is 0.0350. The number of amides is 8. The normalized spacial score (nSPS) is 17.1. The summed E-state index contributed by atoms with van der Waals surface area (Å²) >= 11 is 0. The largest absolute Gasteiger partial charge is 0.480 e. The Hall–Kier alpha value is -7.40. The third-order valence-electron chi connectivity index (χ3n) is 14.3. The number of rotatable bonds is 30. The third-order valence-corrected chi connectivity index (χ3v) is 14.3. The number of aliphatic carboxylic acids is 1. The Labute approximate surface area is 465 Å². The number of carbonyl (C=O) groups is 9. The molecule has 1 aromatic heterocycles. The average Bonchev–Trinajstić information content (AvgIpc) is 4.14. The number of aliphatic hydroxyl groups excluding tert-OH is 1. The molecule has 9 N–H and O–H groups in total. The van der Waals surface area contributed by atoms with Gasteiger partial charge in [-0.05, 0) is 93.7 Å². The molecule has 8 amide bonds. The molecule has 0 radical (unpaired) electrons. The van der Waals surface area contributed by atoms with E-state index in [4.69, 9.17) is 10.8 Å². The number of aliphatic hydroxyl groups is 1. The lowest BCUT2D eigenvalue weighted by molar-refractivity contribution is -0.142. The molecule has 23 heteroatoms. The maximum atomic E-state index is 15.1. The molecule has 0 bridgehead atoms. The van der Waals surface area contributed by atoms with Gasteiger partial charge in [0.2, 0.25) is 35.4 Å². The number of aromatic nitrogens is 2. The molecule has 2 aliphatic rings. The summed E-state index contributed by atoms with van der Waals surface area (Å²) in [5.41, 5.74) is 7.48. The molecular weight excluding hydrogens is 1040 g/mol. The number of benzene rings is 2. The van der Waals surface area contributed by atoms with E-state index in [1.807, 2.05) is 51.1 Å². The number of nitrogens with one attached hydrogen (secondary N) is 5. The van der Waals surface area contributed by atoms with E-state index in [1.54, 1.807) is 20.0 Å². The average molecular weight is 1120 g/mol. The Balaban J connectivity index is 1.05. The number of hydrogen-bond acceptors (Lipinski definition) is 12. The fourth-order valence-corrected chi connectivity index (χ4v) is 9.89. The highest BCUT2D eigenvalue weighted by molar-refractivity contribution is 6.12. The fraction of sp³-hybridized carbons (Fsp3) is 0.544. The zero-order valence-electron chi connectivity index (χ0n) is 46.5. The van der Waals surface area contributed by atoms with E-state index in [0.29, 0.717) is 69.0 Å².